The van der Waals surface area contributed by atoms with Crippen molar-refractivity contribution < 1.29 is 0 Å². The molecular formula is C26H28B-. The molecule has 0 saturated heterocycles. The summed E-state index contributed by atoms with van der Waals surface area (Å²) in [7, 11) is 0. The summed E-state index contributed by atoms with van der Waals surface area (Å²) in [6.07, 6.45) is 4.05. The van der Waals surface area contributed by atoms with E-state index in [0.717, 1.165) is 0 Å². The summed E-state index contributed by atoms with van der Waals surface area (Å²) in [6.45, 7) is 4.67. The first kappa shape index (κ1) is 17.9. The van der Waals surface area contributed by atoms with E-state index in [1.807, 2.05) is 0 Å². The van der Waals surface area contributed by atoms with Gasteiger partial charge in [0.15, 0.2) is 0 Å². The molecule has 0 aliphatic rings. The van der Waals surface area contributed by atoms with E-state index in [4.69, 9.17) is 0 Å². The van der Waals surface area contributed by atoms with Gasteiger partial charge >= 0.3 is 0 Å². The number of fused-ring (bicyclic) bond motifs is 2. The molecule has 1 heteroatoms. The quantitative estimate of drug-likeness (QED) is 0.354. The van der Waals surface area contributed by atoms with Gasteiger partial charge in [-0.05, 0) is 10.8 Å². The van der Waals surface area contributed by atoms with Crippen LogP contribution in [-0.2, 0) is 0 Å². The van der Waals surface area contributed by atoms with E-state index >= 15 is 0 Å². The fourth-order valence-corrected chi connectivity index (χ4v) is 5.38. The molecule has 4 rings (SSSR count). The molecule has 0 fully saturated rings. The van der Waals surface area contributed by atoms with Crippen LogP contribution in [0.15, 0.2) is 84.9 Å². The first-order chi connectivity index (χ1) is 13.3. The predicted molar refractivity (Wildman–Crippen MR) is 123 cm³/mol. The van der Waals surface area contributed by atoms with Crippen molar-refractivity contribution in [3.63, 3.8) is 0 Å². The van der Waals surface area contributed by atoms with E-state index in [9.17, 15) is 0 Å². The van der Waals surface area contributed by atoms with Crippen molar-refractivity contribution >= 4 is 38.6 Å². The molecule has 0 aliphatic heterocycles. The van der Waals surface area contributed by atoms with Crippen molar-refractivity contribution in [1.82, 2.24) is 0 Å². The second-order valence-corrected chi connectivity index (χ2v) is 7.96. The Hall–Kier alpha value is -2.54. The molecule has 0 spiro atoms. The predicted octanol–water partition coefficient (Wildman–Crippen LogP) is 6.38. The highest BCUT2D eigenvalue weighted by atomic mass is 14.1. The maximum absolute atomic E-state index is 2.40. The number of benzene rings is 4. The summed E-state index contributed by atoms with van der Waals surface area (Å²) >= 11 is 0. The minimum absolute atomic E-state index is 0.819. The summed E-state index contributed by atoms with van der Waals surface area (Å²) in [6, 6.07) is 31.6. The van der Waals surface area contributed by atoms with Crippen LogP contribution in [0, 0.1) is 0 Å². The molecular weight excluding hydrogens is 323 g/mol. The van der Waals surface area contributed by atoms with Gasteiger partial charge in [0.05, 0.1) is 6.15 Å². The van der Waals surface area contributed by atoms with Crippen molar-refractivity contribution in [2.45, 2.75) is 39.3 Å². The molecule has 0 nitrogen and oxygen atoms in total. The Balaban J connectivity index is 2.09. The van der Waals surface area contributed by atoms with Crippen molar-refractivity contribution in [3.8, 4) is 0 Å². The Morgan fingerprint density at radius 3 is 1.37 bits per heavy atom. The fraction of sp³-hybridized carbons (Fsp3) is 0.231. The van der Waals surface area contributed by atoms with Crippen LogP contribution in [0.25, 0.3) is 21.5 Å². The third-order valence-corrected chi connectivity index (χ3v) is 6.40. The first-order valence-electron chi connectivity index (χ1n) is 10.5. The Morgan fingerprint density at radius 2 is 0.926 bits per heavy atom. The van der Waals surface area contributed by atoms with Gasteiger partial charge in [-0.3, -0.25) is 0 Å². The zero-order valence-electron chi connectivity index (χ0n) is 16.5. The molecule has 0 heterocycles. The first-order valence-corrected chi connectivity index (χ1v) is 10.5. The SMILES string of the molecule is CCC[B-](CCC)(c1cccc2ccccc12)c1cccc2ccccc12. The number of rotatable bonds is 6. The van der Waals surface area contributed by atoms with Crippen LogP contribution in [0.4, 0.5) is 0 Å². The van der Waals surface area contributed by atoms with E-state index in [1.54, 1.807) is 10.9 Å². The van der Waals surface area contributed by atoms with Crippen LogP contribution < -0.4 is 10.9 Å². The molecule has 0 N–H and O–H groups in total. The fourth-order valence-electron chi connectivity index (χ4n) is 5.38. The minimum Gasteiger partial charge on any atom is -0.197 e. The smallest absolute Gasteiger partial charge is 0.0559 e. The van der Waals surface area contributed by atoms with Gasteiger partial charge in [-0.25, -0.2) is 0 Å². The monoisotopic (exact) mass is 351 g/mol. The lowest BCUT2D eigenvalue weighted by molar-refractivity contribution is 0.998. The Bertz CT molecular complexity index is 966. The largest absolute Gasteiger partial charge is 0.197 e. The summed E-state index contributed by atoms with van der Waals surface area (Å²) in [5.41, 5.74) is 3.10. The van der Waals surface area contributed by atoms with E-state index < -0.39 is 6.15 Å². The average Bonchev–Trinajstić information content (AvgIpc) is 2.73. The van der Waals surface area contributed by atoms with Crippen molar-refractivity contribution in [2.24, 2.45) is 0 Å². The van der Waals surface area contributed by atoms with E-state index in [0.29, 0.717) is 0 Å². The van der Waals surface area contributed by atoms with Gasteiger partial charge in [0, 0.05) is 0 Å². The van der Waals surface area contributed by atoms with Crippen LogP contribution in [0.3, 0.4) is 0 Å². The molecule has 0 unspecified atom stereocenters. The van der Waals surface area contributed by atoms with Crippen molar-refractivity contribution in [2.75, 3.05) is 0 Å². The second kappa shape index (κ2) is 7.60. The molecule has 0 saturated carbocycles. The van der Waals surface area contributed by atoms with Gasteiger partial charge in [-0.2, -0.15) is 23.6 Å². The lowest BCUT2D eigenvalue weighted by Gasteiger charge is -2.43. The molecule has 0 amide bonds. The van der Waals surface area contributed by atoms with Crippen LogP contribution in [0.5, 0.6) is 0 Å². The van der Waals surface area contributed by atoms with E-state index in [2.05, 4.69) is 98.8 Å². The van der Waals surface area contributed by atoms with Crippen molar-refractivity contribution in [3.05, 3.63) is 84.9 Å². The molecule has 0 aromatic heterocycles. The van der Waals surface area contributed by atoms with Crippen LogP contribution in [0.2, 0.25) is 12.6 Å². The molecule has 136 valence electrons. The third-order valence-electron chi connectivity index (χ3n) is 6.40. The van der Waals surface area contributed by atoms with Crippen LogP contribution in [0.1, 0.15) is 26.7 Å². The average molecular weight is 351 g/mol. The number of hydrogen-bond acceptors (Lipinski definition) is 0. The molecule has 0 aliphatic carbocycles. The van der Waals surface area contributed by atoms with E-state index in [-0.39, 0.29) is 0 Å². The molecule has 4 aromatic carbocycles. The highest BCUT2D eigenvalue weighted by Crippen LogP contribution is 2.27. The molecule has 0 atom stereocenters. The van der Waals surface area contributed by atoms with Gasteiger partial charge in [-0.1, -0.05) is 122 Å². The summed E-state index contributed by atoms with van der Waals surface area (Å²) in [5.74, 6) is 0. The maximum Gasteiger partial charge on any atom is 0.0559 e. The van der Waals surface area contributed by atoms with Gasteiger partial charge in [-0.15, -0.1) is 0 Å². The van der Waals surface area contributed by atoms with Crippen molar-refractivity contribution in [1.29, 1.82) is 0 Å². The highest BCUT2D eigenvalue weighted by molar-refractivity contribution is 7.04. The molecule has 0 bridgehead atoms. The molecule has 4 aromatic rings. The lowest BCUT2D eigenvalue weighted by Crippen LogP contribution is -2.58. The Labute approximate surface area is 163 Å². The lowest BCUT2D eigenvalue weighted by atomic mass is 9.14. The maximum atomic E-state index is 2.40. The molecule has 27 heavy (non-hydrogen) atoms. The van der Waals surface area contributed by atoms with Crippen LogP contribution >= 0.6 is 0 Å². The summed E-state index contributed by atoms with van der Waals surface area (Å²) < 4.78 is 0. The van der Waals surface area contributed by atoms with Gasteiger partial charge in [0.2, 0.25) is 0 Å². The highest BCUT2D eigenvalue weighted by Gasteiger charge is 2.29. The standard InChI is InChI=1S/C26H28B/c1-3-19-27(20-4-2,25-17-9-13-21-11-5-7-15-23(21)25)26-18-10-14-22-12-6-8-16-24(22)26/h5-18H,3-4,19-20H2,1-2H3/q-1. The third kappa shape index (κ3) is 3.06. The van der Waals surface area contributed by atoms with E-state index in [1.165, 1.54) is 47.0 Å². The topological polar surface area (TPSA) is 0 Å². The Kier molecular flexibility index (Phi) is 5.03. The summed E-state index contributed by atoms with van der Waals surface area (Å²) in [5, 5.41) is 5.56. The summed E-state index contributed by atoms with van der Waals surface area (Å²) in [4.78, 5) is 0. The zero-order valence-corrected chi connectivity index (χ0v) is 16.5. The normalized spacial score (nSPS) is 11.9. The molecule has 0 radical (unpaired) electrons. The number of hydrogen-bond donors (Lipinski definition) is 0. The minimum atomic E-state index is -0.819. The van der Waals surface area contributed by atoms with Gasteiger partial charge in [0.25, 0.3) is 0 Å². The zero-order chi connectivity index (χ0) is 18.7. The van der Waals surface area contributed by atoms with Gasteiger partial charge < -0.3 is 0 Å². The van der Waals surface area contributed by atoms with Crippen LogP contribution in [-0.4, -0.2) is 6.15 Å². The van der Waals surface area contributed by atoms with Gasteiger partial charge in [0.1, 0.15) is 0 Å². The Morgan fingerprint density at radius 1 is 0.519 bits per heavy atom. The second-order valence-electron chi connectivity index (χ2n) is 7.96.